The van der Waals surface area contributed by atoms with E-state index in [1.165, 1.54) is 36.0 Å². The molecule has 6 heteroatoms. The molecule has 0 fully saturated rings. The number of nitro groups is 1. The number of nitrogens with zero attached hydrogens (tertiary/aromatic N) is 1. The van der Waals surface area contributed by atoms with Gasteiger partial charge in [0.15, 0.2) is 5.78 Å². The quantitative estimate of drug-likeness (QED) is 0.287. The van der Waals surface area contributed by atoms with Gasteiger partial charge in [0.2, 0.25) is 0 Å². The molecule has 1 N–H and O–H groups in total. The van der Waals surface area contributed by atoms with Crippen molar-refractivity contribution < 1.29 is 14.8 Å². The van der Waals surface area contributed by atoms with Gasteiger partial charge in [-0.3, -0.25) is 14.9 Å². The first kappa shape index (κ1) is 16.9. The fourth-order valence-corrected chi connectivity index (χ4v) is 2.70. The van der Waals surface area contributed by atoms with E-state index in [2.05, 4.69) is 6.58 Å². The summed E-state index contributed by atoms with van der Waals surface area (Å²) in [5.41, 5.74) is 0.813. The van der Waals surface area contributed by atoms with Crippen LogP contribution >= 0.6 is 11.8 Å². The van der Waals surface area contributed by atoms with Crippen LogP contribution in [0.15, 0.2) is 65.6 Å². The topological polar surface area (TPSA) is 80.4 Å². The minimum absolute atomic E-state index is 0.0281. The van der Waals surface area contributed by atoms with E-state index in [0.717, 1.165) is 4.90 Å². The molecule has 0 amide bonds. The molecule has 0 aliphatic heterocycles. The van der Waals surface area contributed by atoms with E-state index in [1.54, 1.807) is 12.1 Å². The normalized spacial score (nSPS) is 11.7. The molecule has 118 valence electrons. The second-order valence-corrected chi connectivity index (χ2v) is 5.65. The summed E-state index contributed by atoms with van der Waals surface area (Å²) in [5, 5.41) is 21.0. The van der Waals surface area contributed by atoms with Crippen molar-refractivity contribution in [3.05, 3.63) is 81.9 Å². The maximum atomic E-state index is 12.5. The molecule has 0 bridgehead atoms. The van der Waals surface area contributed by atoms with Crippen molar-refractivity contribution in [3.63, 3.8) is 0 Å². The molecule has 0 heterocycles. The number of benzene rings is 2. The fourth-order valence-electron chi connectivity index (χ4n) is 2.11. The summed E-state index contributed by atoms with van der Waals surface area (Å²) in [6.45, 7) is 3.70. The summed E-state index contributed by atoms with van der Waals surface area (Å²) in [6.07, 6.45) is 0.653. The smallest absolute Gasteiger partial charge is 0.269 e. The minimum Gasteiger partial charge on any atom is -0.384 e. The summed E-state index contributed by atoms with van der Waals surface area (Å²) in [4.78, 5) is 23.5. The highest BCUT2D eigenvalue weighted by molar-refractivity contribution is 7.98. The number of thioether (sulfide) groups is 1. The third kappa shape index (κ3) is 3.67. The first-order chi connectivity index (χ1) is 11.0. The van der Waals surface area contributed by atoms with Crippen LogP contribution < -0.4 is 0 Å². The van der Waals surface area contributed by atoms with Crippen LogP contribution in [-0.4, -0.2) is 22.1 Å². The maximum Gasteiger partial charge on any atom is 0.269 e. The summed E-state index contributed by atoms with van der Waals surface area (Å²) in [5.74, 6) is -0.346. The van der Waals surface area contributed by atoms with Crippen molar-refractivity contribution in [2.24, 2.45) is 0 Å². The Balaban J connectivity index is 2.25. The maximum absolute atomic E-state index is 12.5. The molecular weight excluding hydrogens is 314 g/mol. The molecule has 2 rings (SSSR count). The molecule has 0 saturated heterocycles. The van der Waals surface area contributed by atoms with Crippen molar-refractivity contribution in [1.82, 2.24) is 0 Å². The van der Waals surface area contributed by atoms with Crippen LogP contribution in [0.3, 0.4) is 0 Å². The van der Waals surface area contributed by atoms with E-state index < -0.39 is 11.0 Å². The number of aliphatic hydroxyl groups excluding tert-OH is 1. The molecule has 0 saturated carbocycles. The number of carbonyl (C=O) groups is 1. The second kappa shape index (κ2) is 7.21. The zero-order chi connectivity index (χ0) is 17.0. The van der Waals surface area contributed by atoms with Gasteiger partial charge in [0.1, 0.15) is 6.10 Å². The molecule has 0 aromatic heterocycles. The third-order valence-corrected chi connectivity index (χ3v) is 4.19. The Morgan fingerprint density at radius 3 is 2.39 bits per heavy atom. The predicted octanol–water partition coefficient (Wildman–Crippen LogP) is 3.79. The summed E-state index contributed by atoms with van der Waals surface area (Å²) >= 11 is 1.44. The van der Waals surface area contributed by atoms with Gasteiger partial charge in [-0.1, -0.05) is 18.7 Å². The zero-order valence-corrected chi connectivity index (χ0v) is 13.2. The van der Waals surface area contributed by atoms with Crippen LogP contribution in [0.2, 0.25) is 0 Å². The van der Waals surface area contributed by atoms with E-state index >= 15 is 0 Å². The van der Waals surface area contributed by atoms with E-state index in [9.17, 15) is 20.0 Å². The number of aliphatic hydroxyl groups is 1. The van der Waals surface area contributed by atoms with Gasteiger partial charge in [0.05, 0.1) is 4.92 Å². The summed E-state index contributed by atoms with van der Waals surface area (Å²) in [6, 6.07) is 12.5. The number of carbonyl (C=O) groups excluding carboxylic acids is 1. The molecule has 0 aliphatic carbocycles. The highest BCUT2D eigenvalue weighted by atomic mass is 32.2. The lowest BCUT2D eigenvalue weighted by Crippen LogP contribution is -2.12. The molecule has 1 unspecified atom stereocenters. The van der Waals surface area contributed by atoms with Crippen LogP contribution in [0, 0.1) is 10.1 Å². The van der Waals surface area contributed by atoms with Gasteiger partial charge in [0.25, 0.3) is 5.69 Å². The number of nitro benzene ring substituents is 1. The molecule has 2 aromatic carbocycles. The second-order valence-electron chi connectivity index (χ2n) is 4.81. The van der Waals surface area contributed by atoms with E-state index in [1.807, 2.05) is 18.4 Å². The van der Waals surface area contributed by atoms with Crippen molar-refractivity contribution >= 4 is 23.2 Å². The molecule has 1 atom stereocenters. The van der Waals surface area contributed by atoms with Crippen LogP contribution in [-0.2, 0) is 0 Å². The standard InChI is InChI=1S/C17H15NO4S/c1-11(17(20)14-5-3-4-6-15(14)23-2)16(19)12-7-9-13(10-8-12)18(21)22/h3-10,16,19H,1H2,2H3. The van der Waals surface area contributed by atoms with Gasteiger partial charge in [-0.05, 0) is 36.1 Å². The molecular formula is C17H15NO4S. The Morgan fingerprint density at radius 1 is 1.22 bits per heavy atom. The SMILES string of the molecule is C=C(C(=O)c1ccccc1SC)C(O)c1ccc([N+](=O)[O-])cc1. The van der Waals surface area contributed by atoms with Gasteiger partial charge < -0.3 is 5.11 Å². The highest BCUT2D eigenvalue weighted by Crippen LogP contribution is 2.28. The van der Waals surface area contributed by atoms with Gasteiger partial charge >= 0.3 is 0 Å². The lowest BCUT2D eigenvalue weighted by molar-refractivity contribution is -0.384. The van der Waals surface area contributed by atoms with Gasteiger partial charge in [-0.15, -0.1) is 11.8 Å². The number of Topliss-reactive ketones (excluding diaryl/α,β-unsaturated/α-hetero) is 1. The van der Waals surface area contributed by atoms with E-state index in [4.69, 9.17) is 0 Å². The van der Waals surface area contributed by atoms with Gasteiger partial charge in [0, 0.05) is 28.2 Å². The summed E-state index contributed by atoms with van der Waals surface area (Å²) < 4.78 is 0. The van der Waals surface area contributed by atoms with Crippen molar-refractivity contribution in [3.8, 4) is 0 Å². The van der Waals surface area contributed by atoms with Crippen LogP contribution in [0.25, 0.3) is 0 Å². The molecule has 23 heavy (non-hydrogen) atoms. The average Bonchev–Trinajstić information content (AvgIpc) is 2.59. The molecule has 0 spiro atoms. The number of hydrogen-bond acceptors (Lipinski definition) is 5. The Bertz CT molecular complexity index is 755. The summed E-state index contributed by atoms with van der Waals surface area (Å²) in [7, 11) is 0. The molecule has 5 nitrogen and oxygen atoms in total. The Labute approximate surface area is 137 Å². The van der Waals surface area contributed by atoms with Crippen molar-refractivity contribution in [2.75, 3.05) is 6.26 Å². The molecule has 2 aromatic rings. The highest BCUT2D eigenvalue weighted by Gasteiger charge is 2.22. The van der Waals surface area contributed by atoms with Crippen molar-refractivity contribution in [2.45, 2.75) is 11.0 Å². The Morgan fingerprint density at radius 2 is 1.83 bits per heavy atom. The first-order valence-electron chi connectivity index (χ1n) is 6.74. The lowest BCUT2D eigenvalue weighted by atomic mass is 9.95. The van der Waals surface area contributed by atoms with Crippen LogP contribution in [0.4, 0.5) is 5.69 Å². The number of hydrogen-bond donors (Lipinski definition) is 1. The van der Waals surface area contributed by atoms with E-state index in [-0.39, 0.29) is 17.0 Å². The first-order valence-corrected chi connectivity index (χ1v) is 7.97. The fraction of sp³-hybridized carbons (Fsp3) is 0.118. The third-order valence-electron chi connectivity index (χ3n) is 3.39. The van der Waals surface area contributed by atoms with Crippen LogP contribution in [0.5, 0.6) is 0 Å². The van der Waals surface area contributed by atoms with E-state index in [0.29, 0.717) is 11.1 Å². The minimum atomic E-state index is -1.21. The lowest BCUT2D eigenvalue weighted by Gasteiger charge is -2.14. The van der Waals surface area contributed by atoms with Crippen LogP contribution in [0.1, 0.15) is 22.0 Å². The molecule has 0 radical (unpaired) electrons. The Hall–Kier alpha value is -2.44. The van der Waals surface area contributed by atoms with Gasteiger partial charge in [-0.2, -0.15) is 0 Å². The monoisotopic (exact) mass is 329 g/mol. The average molecular weight is 329 g/mol. The number of rotatable bonds is 6. The molecule has 0 aliphatic rings. The Kier molecular flexibility index (Phi) is 5.31. The largest absolute Gasteiger partial charge is 0.384 e. The number of ketones is 1. The number of non-ortho nitro benzene ring substituents is 1. The van der Waals surface area contributed by atoms with Gasteiger partial charge in [-0.25, -0.2) is 0 Å². The zero-order valence-electron chi connectivity index (χ0n) is 12.4. The predicted molar refractivity (Wildman–Crippen MR) is 89.7 cm³/mol. The van der Waals surface area contributed by atoms with Crippen molar-refractivity contribution in [1.29, 1.82) is 0 Å².